The van der Waals surface area contributed by atoms with Crippen molar-refractivity contribution in [2.75, 3.05) is 19.3 Å². The van der Waals surface area contributed by atoms with Crippen molar-refractivity contribution < 1.29 is 13.5 Å². The van der Waals surface area contributed by atoms with Crippen LogP contribution in [0.4, 0.5) is 0 Å². The Bertz CT molecular complexity index is 1470. The van der Waals surface area contributed by atoms with Gasteiger partial charge in [-0.3, -0.25) is 5.10 Å². The summed E-state index contributed by atoms with van der Waals surface area (Å²) < 4.78 is 25.0. The predicted molar refractivity (Wildman–Crippen MR) is 125 cm³/mol. The van der Waals surface area contributed by atoms with Crippen LogP contribution in [0.3, 0.4) is 0 Å². The second-order valence-corrected chi connectivity index (χ2v) is 9.94. The summed E-state index contributed by atoms with van der Waals surface area (Å²) in [5.74, 6) is 0.887. The number of phenolic OH excluding ortho intramolecular Hbond substituents is 1. The van der Waals surface area contributed by atoms with Gasteiger partial charge in [-0.2, -0.15) is 9.40 Å². The molecule has 0 saturated heterocycles. The lowest BCUT2D eigenvalue weighted by Gasteiger charge is -2.11. The van der Waals surface area contributed by atoms with Crippen molar-refractivity contribution in [2.24, 2.45) is 0 Å². The molecule has 3 heterocycles. The van der Waals surface area contributed by atoms with Crippen molar-refractivity contribution in [2.45, 2.75) is 13.3 Å². The zero-order valence-corrected chi connectivity index (χ0v) is 18.6. The van der Waals surface area contributed by atoms with Gasteiger partial charge in [0, 0.05) is 18.5 Å². The molecule has 0 aliphatic carbocycles. The third-order valence-electron chi connectivity index (χ3n) is 5.85. The maximum absolute atomic E-state index is 11.8. The number of aromatic amines is 2. The van der Waals surface area contributed by atoms with E-state index in [0.29, 0.717) is 24.6 Å². The van der Waals surface area contributed by atoms with Gasteiger partial charge < -0.3 is 10.1 Å². The van der Waals surface area contributed by atoms with E-state index in [1.807, 2.05) is 30.3 Å². The third-order valence-corrected chi connectivity index (χ3v) is 7.06. The summed E-state index contributed by atoms with van der Waals surface area (Å²) in [6, 6.07) is 11.5. The van der Waals surface area contributed by atoms with E-state index in [-0.39, 0.29) is 5.75 Å². The van der Waals surface area contributed by atoms with Crippen LogP contribution in [0, 0.1) is 0 Å². The average molecular weight is 450 g/mol. The zero-order valence-electron chi connectivity index (χ0n) is 17.8. The fourth-order valence-electron chi connectivity index (χ4n) is 4.11. The number of benzene rings is 2. The number of hydrogen-bond acceptors (Lipinski definition) is 5. The first-order chi connectivity index (χ1) is 15.3. The summed E-state index contributed by atoms with van der Waals surface area (Å²) in [5, 5.41) is 18.3. The van der Waals surface area contributed by atoms with Gasteiger partial charge in [0.1, 0.15) is 11.4 Å². The van der Waals surface area contributed by atoms with Crippen molar-refractivity contribution >= 4 is 26.5 Å². The lowest BCUT2D eigenvalue weighted by molar-refractivity contribution is 0.474. The second-order valence-electron chi connectivity index (χ2n) is 7.96. The molecule has 9 heteroatoms. The van der Waals surface area contributed by atoms with Crippen LogP contribution < -0.4 is 0 Å². The highest BCUT2D eigenvalue weighted by Crippen LogP contribution is 2.32. The Kier molecular flexibility index (Phi) is 4.87. The van der Waals surface area contributed by atoms with Crippen LogP contribution in [-0.4, -0.2) is 57.3 Å². The zero-order chi connectivity index (χ0) is 22.5. The Hall–Kier alpha value is -3.43. The average Bonchev–Trinajstić information content (AvgIpc) is 3.50. The first-order valence-electron chi connectivity index (χ1n) is 10.3. The Morgan fingerprint density at radius 2 is 2.03 bits per heavy atom. The molecule has 3 N–H and O–H groups in total. The predicted octanol–water partition coefficient (Wildman–Crippen LogP) is 3.55. The summed E-state index contributed by atoms with van der Waals surface area (Å²) in [5.41, 5.74) is 6.47. The van der Waals surface area contributed by atoms with Crippen LogP contribution in [0.5, 0.6) is 5.75 Å². The fraction of sp³-hybridized carbons (Fsp3) is 0.217. The van der Waals surface area contributed by atoms with Gasteiger partial charge in [-0.05, 0) is 52.9 Å². The lowest BCUT2D eigenvalue weighted by Crippen LogP contribution is -2.27. The Morgan fingerprint density at radius 3 is 2.78 bits per heavy atom. The number of imidazole rings is 1. The lowest BCUT2D eigenvalue weighted by atomic mass is 9.97. The number of aromatic hydroxyl groups is 1. The number of fused-ring (bicyclic) bond motifs is 1. The molecule has 0 atom stereocenters. The first-order valence-corrected chi connectivity index (χ1v) is 12.2. The molecular weight excluding hydrogens is 426 g/mol. The highest BCUT2D eigenvalue weighted by Gasteiger charge is 2.24. The summed E-state index contributed by atoms with van der Waals surface area (Å²) >= 11 is 0. The second kappa shape index (κ2) is 7.61. The van der Waals surface area contributed by atoms with Crippen LogP contribution in [0.25, 0.3) is 39.1 Å². The number of nitrogens with zero attached hydrogens (tertiary/aromatic N) is 3. The number of aromatic nitrogens is 4. The van der Waals surface area contributed by atoms with E-state index < -0.39 is 10.0 Å². The van der Waals surface area contributed by atoms with Gasteiger partial charge in [0.15, 0.2) is 5.82 Å². The topological polar surface area (TPSA) is 115 Å². The van der Waals surface area contributed by atoms with Crippen LogP contribution in [0.1, 0.15) is 18.2 Å². The molecule has 0 spiro atoms. The van der Waals surface area contributed by atoms with Crippen molar-refractivity contribution in [1.82, 2.24) is 24.5 Å². The van der Waals surface area contributed by atoms with Crippen molar-refractivity contribution in [3.05, 3.63) is 59.9 Å². The molecule has 0 saturated carbocycles. The van der Waals surface area contributed by atoms with Crippen LogP contribution in [0.2, 0.25) is 0 Å². The number of H-pyrrole nitrogens is 2. The van der Waals surface area contributed by atoms with Crippen molar-refractivity contribution in [3.8, 4) is 28.4 Å². The minimum atomic E-state index is -3.23. The summed E-state index contributed by atoms with van der Waals surface area (Å²) in [6.45, 7) is 2.76. The highest BCUT2D eigenvalue weighted by atomic mass is 32.2. The van der Waals surface area contributed by atoms with Crippen LogP contribution in [0.15, 0.2) is 48.7 Å². The maximum Gasteiger partial charge on any atom is 0.211 e. The monoisotopic (exact) mass is 449 g/mol. The van der Waals surface area contributed by atoms with Gasteiger partial charge in [-0.1, -0.05) is 25.1 Å². The summed E-state index contributed by atoms with van der Waals surface area (Å²) in [7, 11) is -3.23. The SMILES string of the molecule is CCc1cc(O)ccc1-c1ccc2c(-c3ncc(C4=CCN(S(C)(=O)=O)C4)[nH]3)n[nH]c2c1. The molecule has 2 aromatic carbocycles. The molecule has 5 rings (SSSR count). The molecule has 0 unspecified atom stereocenters. The Balaban J connectivity index is 1.46. The molecule has 1 aliphatic heterocycles. The molecule has 32 heavy (non-hydrogen) atoms. The van der Waals surface area contributed by atoms with E-state index >= 15 is 0 Å². The minimum Gasteiger partial charge on any atom is -0.508 e. The van der Waals surface area contributed by atoms with Gasteiger partial charge in [0.25, 0.3) is 0 Å². The van der Waals surface area contributed by atoms with Crippen LogP contribution >= 0.6 is 0 Å². The van der Waals surface area contributed by atoms with E-state index in [9.17, 15) is 13.5 Å². The Labute approximate surface area is 185 Å². The van der Waals surface area contributed by atoms with E-state index in [1.54, 1.807) is 18.3 Å². The molecule has 0 fully saturated rings. The molecule has 0 bridgehead atoms. The van der Waals surface area contributed by atoms with E-state index in [2.05, 4.69) is 27.1 Å². The number of nitrogens with one attached hydrogen (secondary N) is 2. The van der Waals surface area contributed by atoms with Gasteiger partial charge in [0.2, 0.25) is 10.0 Å². The summed E-state index contributed by atoms with van der Waals surface area (Å²) in [6.07, 6.45) is 5.65. The molecule has 164 valence electrons. The largest absolute Gasteiger partial charge is 0.508 e. The summed E-state index contributed by atoms with van der Waals surface area (Å²) in [4.78, 5) is 7.76. The molecule has 2 aromatic heterocycles. The van der Waals surface area contributed by atoms with Gasteiger partial charge in [-0.15, -0.1) is 0 Å². The van der Waals surface area contributed by atoms with E-state index in [4.69, 9.17) is 0 Å². The van der Waals surface area contributed by atoms with Gasteiger partial charge in [-0.25, -0.2) is 13.4 Å². The first kappa shape index (κ1) is 20.5. The highest BCUT2D eigenvalue weighted by molar-refractivity contribution is 7.88. The van der Waals surface area contributed by atoms with Gasteiger partial charge >= 0.3 is 0 Å². The number of phenols is 1. The number of sulfonamides is 1. The van der Waals surface area contributed by atoms with Gasteiger partial charge in [0.05, 0.1) is 23.7 Å². The standard InChI is InChI=1S/C23H23N5O3S/c1-3-14-10-17(29)5-7-18(14)15-4-6-19-20(11-15)26-27-22(19)23-24-12-21(25-23)16-8-9-28(13-16)32(2,30)31/h4-8,10-12,29H,3,9,13H2,1-2H3,(H,24,25)(H,26,27). The fourth-order valence-corrected chi connectivity index (χ4v) is 4.82. The number of rotatable bonds is 5. The normalized spacial score (nSPS) is 14.9. The number of hydrogen-bond donors (Lipinski definition) is 3. The van der Waals surface area contributed by atoms with E-state index in [0.717, 1.165) is 45.3 Å². The van der Waals surface area contributed by atoms with Crippen LogP contribution in [-0.2, 0) is 16.4 Å². The molecule has 4 aromatic rings. The van der Waals surface area contributed by atoms with E-state index in [1.165, 1.54) is 10.6 Å². The molecular formula is C23H23N5O3S. The maximum atomic E-state index is 11.8. The van der Waals surface area contributed by atoms with Crippen molar-refractivity contribution in [3.63, 3.8) is 0 Å². The number of aryl methyl sites for hydroxylation is 1. The molecule has 0 radical (unpaired) electrons. The molecule has 8 nitrogen and oxygen atoms in total. The smallest absolute Gasteiger partial charge is 0.211 e. The van der Waals surface area contributed by atoms with Crippen molar-refractivity contribution in [1.29, 1.82) is 0 Å². The molecule has 0 amide bonds. The minimum absolute atomic E-state index is 0.265. The Morgan fingerprint density at radius 1 is 1.19 bits per heavy atom. The third kappa shape index (κ3) is 3.59. The molecule has 1 aliphatic rings. The quantitative estimate of drug-likeness (QED) is 0.431.